The van der Waals surface area contributed by atoms with Crippen LogP contribution in [-0.2, 0) is 0 Å². The fourth-order valence-corrected chi connectivity index (χ4v) is 3.46. The summed E-state index contributed by atoms with van der Waals surface area (Å²) >= 11 is 0. The Balaban J connectivity index is 2.07. The molecule has 0 amide bonds. The van der Waals surface area contributed by atoms with Crippen LogP contribution in [0.15, 0.2) is 54.6 Å². The maximum Gasteiger partial charge on any atom is 0.00981 e. The molecule has 0 saturated heterocycles. The van der Waals surface area contributed by atoms with Crippen molar-refractivity contribution in [3.63, 3.8) is 0 Å². The summed E-state index contributed by atoms with van der Waals surface area (Å²) in [5, 5.41) is 0. The van der Waals surface area contributed by atoms with Gasteiger partial charge in [0.05, 0.1) is 0 Å². The van der Waals surface area contributed by atoms with Crippen molar-refractivity contribution in [3.05, 3.63) is 71.3 Å². The molecule has 2 aromatic rings. The van der Waals surface area contributed by atoms with E-state index in [1.807, 2.05) is 0 Å². The molecule has 2 aromatic carbocycles. The Bertz CT molecular complexity index is 560. The Kier molecular flexibility index (Phi) is 2.97. The summed E-state index contributed by atoms with van der Waals surface area (Å²) in [5.74, 6) is 1.23. The minimum atomic E-state index is 0.333. The second kappa shape index (κ2) is 4.52. The average Bonchev–Trinajstić information content (AvgIpc) is 2.79. The molecule has 0 heterocycles. The van der Waals surface area contributed by atoms with E-state index in [0.717, 1.165) is 0 Å². The molecule has 98 valence electrons. The van der Waals surface area contributed by atoms with E-state index >= 15 is 0 Å². The largest absolute Gasteiger partial charge is 0.0622 e. The normalized spacial score (nSPS) is 22.3. The first kappa shape index (κ1) is 12.5. The Morgan fingerprint density at radius 3 is 2.00 bits per heavy atom. The van der Waals surface area contributed by atoms with Crippen LogP contribution in [0.4, 0.5) is 0 Å². The second-order valence-corrected chi connectivity index (χ2v) is 6.75. The highest BCUT2D eigenvalue weighted by Gasteiger charge is 2.37. The van der Waals surface area contributed by atoms with Crippen molar-refractivity contribution in [2.45, 2.75) is 39.0 Å². The minimum absolute atomic E-state index is 0.333. The molecule has 0 aliphatic heterocycles. The molecule has 3 rings (SSSR count). The molecule has 0 radical (unpaired) electrons. The van der Waals surface area contributed by atoms with Crippen LogP contribution >= 0.6 is 0 Å². The van der Waals surface area contributed by atoms with Crippen LogP contribution in [0, 0.1) is 5.41 Å². The van der Waals surface area contributed by atoms with Crippen LogP contribution in [0.3, 0.4) is 0 Å². The SMILES string of the molecule is CC(C)(C)C1CC(c2ccccc2)c2ccccc21. The lowest BCUT2D eigenvalue weighted by Crippen LogP contribution is -2.16. The summed E-state index contributed by atoms with van der Waals surface area (Å²) in [6.45, 7) is 7.09. The third-order valence-corrected chi connectivity index (χ3v) is 4.47. The van der Waals surface area contributed by atoms with Gasteiger partial charge in [-0.3, -0.25) is 0 Å². The van der Waals surface area contributed by atoms with Crippen molar-refractivity contribution >= 4 is 0 Å². The van der Waals surface area contributed by atoms with Crippen LogP contribution in [-0.4, -0.2) is 0 Å². The van der Waals surface area contributed by atoms with Crippen molar-refractivity contribution in [1.82, 2.24) is 0 Å². The Labute approximate surface area is 116 Å². The molecular weight excluding hydrogens is 228 g/mol. The predicted octanol–water partition coefficient (Wildman–Crippen LogP) is 5.35. The molecule has 1 aliphatic carbocycles. The zero-order valence-electron chi connectivity index (χ0n) is 12.1. The van der Waals surface area contributed by atoms with Crippen LogP contribution < -0.4 is 0 Å². The van der Waals surface area contributed by atoms with Crippen LogP contribution in [0.1, 0.15) is 55.7 Å². The van der Waals surface area contributed by atoms with E-state index in [4.69, 9.17) is 0 Å². The minimum Gasteiger partial charge on any atom is -0.0622 e. The molecule has 19 heavy (non-hydrogen) atoms. The van der Waals surface area contributed by atoms with Gasteiger partial charge in [-0.1, -0.05) is 75.4 Å². The number of fused-ring (bicyclic) bond motifs is 1. The Morgan fingerprint density at radius 2 is 1.37 bits per heavy atom. The first-order chi connectivity index (χ1) is 9.07. The van der Waals surface area contributed by atoms with Gasteiger partial charge in [-0.25, -0.2) is 0 Å². The maximum atomic E-state index is 2.36. The summed E-state index contributed by atoms with van der Waals surface area (Å²) < 4.78 is 0. The van der Waals surface area contributed by atoms with E-state index in [2.05, 4.69) is 75.4 Å². The van der Waals surface area contributed by atoms with Crippen molar-refractivity contribution in [2.24, 2.45) is 5.41 Å². The van der Waals surface area contributed by atoms with E-state index in [1.54, 1.807) is 5.56 Å². The average molecular weight is 250 g/mol. The lowest BCUT2D eigenvalue weighted by Gasteiger charge is -2.28. The standard InChI is InChI=1S/C19H22/c1-19(2,3)18-13-17(14-9-5-4-6-10-14)15-11-7-8-12-16(15)18/h4-12,17-18H,13H2,1-3H3. The highest BCUT2D eigenvalue weighted by atomic mass is 14.4. The number of benzene rings is 2. The lowest BCUT2D eigenvalue weighted by atomic mass is 9.77. The van der Waals surface area contributed by atoms with Gasteiger partial charge in [-0.2, -0.15) is 0 Å². The number of hydrogen-bond donors (Lipinski definition) is 0. The zero-order valence-corrected chi connectivity index (χ0v) is 12.1. The van der Waals surface area contributed by atoms with Crippen LogP contribution in [0.2, 0.25) is 0 Å². The van der Waals surface area contributed by atoms with Crippen molar-refractivity contribution < 1.29 is 0 Å². The Morgan fingerprint density at radius 1 is 0.789 bits per heavy atom. The molecule has 2 unspecified atom stereocenters. The molecule has 0 N–H and O–H groups in total. The molecule has 0 fully saturated rings. The Hall–Kier alpha value is -1.56. The summed E-state index contributed by atoms with van der Waals surface area (Å²) in [5.41, 5.74) is 4.89. The molecular formula is C19H22. The van der Waals surface area contributed by atoms with E-state index in [9.17, 15) is 0 Å². The monoisotopic (exact) mass is 250 g/mol. The van der Waals surface area contributed by atoms with Gasteiger partial charge in [0.15, 0.2) is 0 Å². The third kappa shape index (κ3) is 2.20. The van der Waals surface area contributed by atoms with E-state index in [-0.39, 0.29) is 0 Å². The molecule has 0 nitrogen and oxygen atoms in total. The molecule has 0 bridgehead atoms. The van der Waals surface area contributed by atoms with E-state index < -0.39 is 0 Å². The van der Waals surface area contributed by atoms with Gasteiger partial charge < -0.3 is 0 Å². The predicted molar refractivity (Wildman–Crippen MR) is 81.5 cm³/mol. The van der Waals surface area contributed by atoms with Gasteiger partial charge in [0.2, 0.25) is 0 Å². The summed E-state index contributed by atoms with van der Waals surface area (Å²) in [7, 11) is 0. The van der Waals surface area contributed by atoms with Crippen molar-refractivity contribution in [3.8, 4) is 0 Å². The maximum absolute atomic E-state index is 2.36. The van der Waals surface area contributed by atoms with Gasteiger partial charge in [0.25, 0.3) is 0 Å². The molecule has 0 aromatic heterocycles. The second-order valence-electron chi connectivity index (χ2n) is 6.75. The number of rotatable bonds is 1. The topological polar surface area (TPSA) is 0 Å². The highest BCUT2D eigenvalue weighted by molar-refractivity contribution is 5.45. The smallest absolute Gasteiger partial charge is 0.00981 e. The summed E-state index contributed by atoms with van der Waals surface area (Å²) in [6, 6.07) is 20.0. The molecule has 0 saturated carbocycles. The molecule has 2 atom stereocenters. The zero-order chi connectivity index (χ0) is 13.5. The van der Waals surface area contributed by atoms with Gasteiger partial charge in [-0.15, -0.1) is 0 Å². The van der Waals surface area contributed by atoms with Crippen molar-refractivity contribution in [1.29, 1.82) is 0 Å². The third-order valence-electron chi connectivity index (χ3n) is 4.47. The summed E-state index contributed by atoms with van der Waals surface area (Å²) in [6.07, 6.45) is 1.24. The van der Waals surface area contributed by atoms with E-state index in [0.29, 0.717) is 17.3 Å². The summed E-state index contributed by atoms with van der Waals surface area (Å²) in [4.78, 5) is 0. The molecule has 1 aliphatic rings. The fourth-order valence-electron chi connectivity index (χ4n) is 3.46. The van der Waals surface area contributed by atoms with Crippen LogP contribution in [0.25, 0.3) is 0 Å². The van der Waals surface area contributed by atoms with Gasteiger partial charge in [-0.05, 0) is 34.4 Å². The van der Waals surface area contributed by atoms with Gasteiger partial charge in [0, 0.05) is 5.92 Å². The first-order valence-corrected chi connectivity index (χ1v) is 7.21. The van der Waals surface area contributed by atoms with Crippen molar-refractivity contribution in [2.75, 3.05) is 0 Å². The molecule has 0 heteroatoms. The quantitative estimate of drug-likeness (QED) is 0.640. The highest BCUT2D eigenvalue weighted by Crippen LogP contribution is 2.52. The van der Waals surface area contributed by atoms with Crippen LogP contribution in [0.5, 0.6) is 0 Å². The molecule has 0 spiro atoms. The fraction of sp³-hybridized carbons (Fsp3) is 0.368. The lowest BCUT2D eigenvalue weighted by molar-refractivity contribution is 0.314. The van der Waals surface area contributed by atoms with Gasteiger partial charge in [0.1, 0.15) is 0 Å². The number of hydrogen-bond acceptors (Lipinski definition) is 0. The first-order valence-electron chi connectivity index (χ1n) is 7.21. The van der Waals surface area contributed by atoms with E-state index in [1.165, 1.54) is 17.5 Å². The van der Waals surface area contributed by atoms with Gasteiger partial charge >= 0.3 is 0 Å².